The number of piperazine rings is 1. The van der Waals surface area contributed by atoms with E-state index >= 15 is 0 Å². The minimum absolute atomic E-state index is 0.0288. The summed E-state index contributed by atoms with van der Waals surface area (Å²) >= 11 is 0. The quantitative estimate of drug-likeness (QED) is 0.213. The Kier molecular flexibility index (Phi) is 9.81. The number of amides is 1. The van der Waals surface area contributed by atoms with Gasteiger partial charge in [-0.25, -0.2) is 4.98 Å². The fourth-order valence-electron chi connectivity index (χ4n) is 6.10. The molecule has 0 saturated carbocycles. The predicted octanol–water partition coefficient (Wildman–Crippen LogP) is 7.34. The van der Waals surface area contributed by atoms with E-state index in [1.54, 1.807) is 0 Å². The van der Waals surface area contributed by atoms with Crippen molar-refractivity contribution in [3.8, 4) is 11.3 Å². The van der Waals surface area contributed by atoms with Crippen LogP contribution in [0.25, 0.3) is 22.2 Å². The first-order valence-electron chi connectivity index (χ1n) is 15.4. The van der Waals surface area contributed by atoms with Crippen LogP contribution in [0.2, 0.25) is 0 Å². The van der Waals surface area contributed by atoms with E-state index in [0.717, 1.165) is 77.4 Å². The summed E-state index contributed by atoms with van der Waals surface area (Å²) in [5.74, 6) is 0.737. The Bertz CT molecular complexity index is 1410. The Balaban J connectivity index is 1.52. The highest BCUT2D eigenvalue weighted by Crippen LogP contribution is 2.32. The lowest BCUT2D eigenvalue weighted by molar-refractivity contribution is 0.0930. The number of nitrogens with one attached hydrogen (secondary N) is 1. The Hall–Kier alpha value is -3.54. The largest absolute Gasteiger partial charge is 0.345 e. The Morgan fingerprint density at radius 2 is 1.39 bits per heavy atom. The molecule has 1 fully saturated rings. The lowest BCUT2D eigenvalue weighted by Crippen LogP contribution is -2.47. The molecule has 5 heteroatoms. The maximum absolute atomic E-state index is 14.3. The summed E-state index contributed by atoms with van der Waals surface area (Å²) in [6, 6.07) is 28.6. The van der Waals surface area contributed by atoms with Crippen molar-refractivity contribution in [2.24, 2.45) is 5.92 Å². The van der Waals surface area contributed by atoms with Crippen LogP contribution in [0.1, 0.15) is 67.6 Å². The average Bonchev–Trinajstić information content (AvgIpc) is 3.03. The van der Waals surface area contributed by atoms with E-state index in [1.165, 1.54) is 19.4 Å². The third-order valence-electron chi connectivity index (χ3n) is 8.70. The predicted molar refractivity (Wildman–Crippen MR) is 170 cm³/mol. The van der Waals surface area contributed by atoms with Crippen molar-refractivity contribution in [1.82, 2.24) is 20.1 Å². The van der Waals surface area contributed by atoms with Gasteiger partial charge in [0.2, 0.25) is 0 Å². The van der Waals surface area contributed by atoms with Gasteiger partial charge in [0.25, 0.3) is 5.91 Å². The van der Waals surface area contributed by atoms with Crippen LogP contribution < -0.4 is 5.32 Å². The Morgan fingerprint density at radius 1 is 0.780 bits per heavy atom. The molecule has 1 aliphatic heterocycles. The van der Waals surface area contributed by atoms with E-state index in [0.29, 0.717) is 6.54 Å². The first-order valence-corrected chi connectivity index (χ1v) is 15.4. The third kappa shape index (κ3) is 6.86. The number of nitrogens with zero attached hydrogens (tertiary/aromatic N) is 3. The number of hydrogen-bond donors (Lipinski definition) is 1. The van der Waals surface area contributed by atoms with Crippen LogP contribution in [-0.2, 0) is 6.54 Å². The van der Waals surface area contributed by atoms with Gasteiger partial charge < -0.3 is 10.2 Å². The zero-order valence-electron chi connectivity index (χ0n) is 24.9. The van der Waals surface area contributed by atoms with Gasteiger partial charge in [-0.15, -0.1) is 0 Å². The highest BCUT2D eigenvalue weighted by atomic mass is 16.1. The van der Waals surface area contributed by atoms with Crippen LogP contribution in [0.15, 0.2) is 84.9 Å². The molecule has 41 heavy (non-hydrogen) atoms. The SMILES string of the molecule is CCC(CC)CN1CCN(Cc2c(-c3ccccc3)nc3ccccc3c2C(=O)N[C@@H](CC)c2ccccc2)CC1. The molecule has 0 spiro atoms. The molecule has 1 N–H and O–H groups in total. The molecule has 0 bridgehead atoms. The zero-order valence-corrected chi connectivity index (χ0v) is 24.9. The lowest BCUT2D eigenvalue weighted by atomic mass is 9.94. The average molecular weight is 549 g/mol. The number of carbonyl (C=O) groups excluding carboxylic acids is 1. The second-order valence-electron chi connectivity index (χ2n) is 11.3. The molecule has 1 saturated heterocycles. The number of carbonyl (C=O) groups is 1. The first-order chi connectivity index (χ1) is 20.1. The summed E-state index contributed by atoms with van der Waals surface area (Å²) in [7, 11) is 0. The van der Waals surface area contributed by atoms with Gasteiger partial charge in [0.1, 0.15) is 0 Å². The van der Waals surface area contributed by atoms with Crippen molar-refractivity contribution in [3.05, 3.63) is 102 Å². The van der Waals surface area contributed by atoms with Gasteiger partial charge in [-0.3, -0.25) is 9.69 Å². The molecular formula is C36H44N4O. The van der Waals surface area contributed by atoms with E-state index in [4.69, 9.17) is 4.98 Å². The van der Waals surface area contributed by atoms with E-state index in [2.05, 4.69) is 72.3 Å². The molecule has 5 nitrogen and oxygen atoms in total. The highest BCUT2D eigenvalue weighted by Gasteiger charge is 2.27. The molecule has 2 heterocycles. The van der Waals surface area contributed by atoms with Gasteiger partial charge in [-0.1, -0.05) is 112 Å². The monoisotopic (exact) mass is 548 g/mol. The maximum Gasteiger partial charge on any atom is 0.252 e. The number of aromatic nitrogens is 1. The summed E-state index contributed by atoms with van der Waals surface area (Å²) in [4.78, 5) is 24.6. The van der Waals surface area contributed by atoms with Crippen LogP contribution in [0.5, 0.6) is 0 Å². The second-order valence-corrected chi connectivity index (χ2v) is 11.3. The first kappa shape index (κ1) is 29.0. The minimum atomic E-state index is -0.0581. The molecule has 0 radical (unpaired) electrons. The van der Waals surface area contributed by atoms with Crippen molar-refractivity contribution in [3.63, 3.8) is 0 Å². The molecule has 1 atom stereocenters. The van der Waals surface area contributed by atoms with E-state index in [9.17, 15) is 4.79 Å². The molecule has 0 aliphatic carbocycles. The third-order valence-corrected chi connectivity index (χ3v) is 8.70. The fraction of sp³-hybridized carbons (Fsp3) is 0.389. The van der Waals surface area contributed by atoms with Crippen LogP contribution in [0.4, 0.5) is 0 Å². The van der Waals surface area contributed by atoms with Crippen LogP contribution in [0, 0.1) is 5.92 Å². The van der Waals surface area contributed by atoms with Crippen molar-refractivity contribution < 1.29 is 4.79 Å². The lowest BCUT2D eigenvalue weighted by Gasteiger charge is -2.36. The molecular weight excluding hydrogens is 504 g/mol. The molecule has 3 aromatic carbocycles. The zero-order chi connectivity index (χ0) is 28.6. The molecule has 1 amide bonds. The number of rotatable bonds is 11. The molecule has 1 aromatic heterocycles. The van der Waals surface area contributed by atoms with Gasteiger partial charge in [0.05, 0.1) is 22.8 Å². The van der Waals surface area contributed by atoms with E-state index in [-0.39, 0.29) is 11.9 Å². The van der Waals surface area contributed by atoms with E-state index < -0.39 is 0 Å². The van der Waals surface area contributed by atoms with Crippen LogP contribution >= 0.6 is 0 Å². The van der Waals surface area contributed by atoms with Gasteiger partial charge >= 0.3 is 0 Å². The van der Waals surface area contributed by atoms with Crippen molar-refractivity contribution >= 4 is 16.8 Å². The summed E-state index contributed by atoms with van der Waals surface area (Å²) in [5.41, 5.74) is 5.70. The smallest absolute Gasteiger partial charge is 0.252 e. The van der Waals surface area contributed by atoms with Crippen molar-refractivity contribution in [1.29, 1.82) is 0 Å². The molecule has 5 rings (SSSR count). The summed E-state index contributed by atoms with van der Waals surface area (Å²) in [6.07, 6.45) is 3.29. The number of para-hydroxylation sites is 1. The Labute approximate surface area is 245 Å². The van der Waals surface area contributed by atoms with Crippen molar-refractivity contribution in [2.75, 3.05) is 32.7 Å². The standard InChI is InChI=1S/C36H44N4O/c1-4-27(5-2)25-39-21-23-40(24-22-39)26-31-34(36(41)38-32(6-3)28-15-9-7-10-16-28)30-19-13-14-20-33(30)37-35(31)29-17-11-8-12-18-29/h7-20,27,32H,4-6,21-26H2,1-3H3,(H,38,41)/t32-/m0/s1. The number of hydrogen-bond acceptors (Lipinski definition) is 4. The Morgan fingerprint density at radius 3 is 2.05 bits per heavy atom. The number of fused-ring (bicyclic) bond motifs is 1. The highest BCUT2D eigenvalue weighted by molar-refractivity contribution is 6.09. The molecule has 4 aromatic rings. The molecule has 0 unspecified atom stereocenters. The topological polar surface area (TPSA) is 48.5 Å². The van der Waals surface area contributed by atoms with Crippen molar-refractivity contribution in [2.45, 2.75) is 52.6 Å². The number of pyridine rings is 1. The minimum Gasteiger partial charge on any atom is -0.345 e. The normalized spacial score (nSPS) is 15.3. The van der Waals surface area contributed by atoms with Gasteiger partial charge in [-0.05, 0) is 24.0 Å². The summed E-state index contributed by atoms with van der Waals surface area (Å²) in [6.45, 7) is 12.7. The molecule has 214 valence electrons. The van der Waals surface area contributed by atoms with Gasteiger partial charge in [-0.2, -0.15) is 0 Å². The summed E-state index contributed by atoms with van der Waals surface area (Å²) < 4.78 is 0. The van der Waals surface area contributed by atoms with Gasteiger partial charge in [0, 0.05) is 55.8 Å². The van der Waals surface area contributed by atoms with E-state index in [1.807, 2.05) is 48.5 Å². The fourth-order valence-corrected chi connectivity index (χ4v) is 6.10. The summed E-state index contributed by atoms with van der Waals surface area (Å²) in [5, 5.41) is 4.31. The van der Waals surface area contributed by atoms with Crippen LogP contribution in [0.3, 0.4) is 0 Å². The van der Waals surface area contributed by atoms with Gasteiger partial charge in [0.15, 0.2) is 0 Å². The number of benzene rings is 3. The van der Waals surface area contributed by atoms with Crippen LogP contribution in [-0.4, -0.2) is 53.4 Å². The molecule has 1 aliphatic rings. The maximum atomic E-state index is 14.3. The second kappa shape index (κ2) is 13.9.